The fourth-order valence-corrected chi connectivity index (χ4v) is 2.28. The molecule has 0 saturated carbocycles. The number of hydrogen-bond donors (Lipinski definition) is 0. The summed E-state index contributed by atoms with van der Waals surface area (Å²) in [7, 11) is 0. The molecular formula is C14H12N4O2S. The normalized spacial score (nSPS) is 10.5. The molecule has 3 rings (SSSR count). The van der Waals surface area contributed by atoms with E-state index in [4.69, 9.17) is 4.74 Å². The number of carbonyl (C=O) groups excluding carboxylic acids is 1. The topological polar surface area (TPSA) is 69.9 Å². The highest BCUT2D eigenvalue weighted by Gasteiger charge is 2.13. The van der Waals surface area contributed by atoms with Crippen LogP contribution in [0.25, 0.3) is 5.69 Å². The number of thiazole rings is 1. The molecule has 0 unspecified atom stereocenters. The molecule has 6 nitrogen and oxygen atoms in total. The van der Waals surface area contributed by atoms with Gasteiger partial charge < -0.3 is 4.74 Å². The Kier molecular flexibility index (Phi) is 3.74. The van der Waals surface area contributed by atoms with E-state index in [1.807, 2.05) is 31.2 Å². The third-order valence-corrected chi connectivity index (χ3v) is 3.55. The molecule has 0 bridgehead atoms. The largest absolute Gasteiger partial charge is 0.455 e. The summed E-state index contributed by atoms with van der Waals surface area (Å²) in [5.41, 5.74) is 3.83. The number of ether oxygens (including phenoxy) is 1. The van der Waals surface area contributed by atoms with Crippen LogP contribution in [-0.4, -0.2) is 25.9 Å². The first-order valence-corrected chi connectivity index (χ1v) is 7.14. The first-order valence-electron chi connectivity index (χ1n) is 6.26. The van der Waals surface area contributed by atoms with Crippen molar-refractivity contribution in [1.29, 1.82) is 0 Å². The van der Waals surface area contributed by atoms with Crippen molar-refractivity contribution in [3.05, 3.63) is 58.3 Å². The lowest BCUT2D eigenvalue weighted by Crippen LogP contribution is -2.05. The van der Waals surface area contributed by atoms with E-state index in [2.05, 4.69) is 15.3 Å². The van der Waals surface area contributed by atoms with Gasteiger partial charge in [0, 0.05) is 6.20 Å². The number of nitrogens with zero attached hydrogens (tertiary/aromatic N) is 4. The molecule has 1 aromatic carbocycles. The summed E-state index contributed by atoms with van der Waals surface area (Å²) >= 11 is 1.43. The Bertz CT molecular complexity index is 752. The highest BCUT2D eigenvalue weighted by Crippen LogP contribution is 2.11. The van der Waals surface area contributed by atoms with E-state index in [0.29, 0.717) is 0 Å². The Balaban J connectivity index is 1.71. The lowest BCUT2D eigenvalue weighted by molar-refractivity contribution is 0.0469. The number of benzene rings is 1. The van der Waals surface area contributed by atoms with Crippen molar-refractivity contribution in [1.82, 2.24) is 20.0 Å². The van der Waals surface area contributed by atoms with Gasteiger partial charge in [0.25, 0.3) is 0 Å². The number of aromatic nitrogens is 4. The summed E-state index contributed by atoms with van der Waals surface area (Å²) in [5, 5.41) is 7.80. The second-order valence-electron chi connectivity index (χ2n) is 4.43. The van der Waals surface area contributed by atoms with Gasteiger partial charge in [-0.15, -0.1) is 16.4 Å². The molecule has 0 amide bonds. The average molecular weight is 300 g/mol. The number of carbonyl (C=O) groups is 1. The maximum Gasteiger partial charge on any atom is 0.360 e. The van der Waals surface area contributed by atoms with Crippen LogP contribution >= 0.6 is 11.3 Å². The van der Waals surface area contributed by atoms with Crippen molar-refractivity contribution >= 4 is 17.3 Å². The average Bonchev–Trinajstić information content (AvgIpc) is 3.16. The van der Waals surface area contributed by atoms with E-state index in [9.17, 15) is 4.79 Å². The van der Waals surface area contributed by atoms with Crippen LogP contribution in [0.15, 0.2) is 42.2 Å². The molecule has 0 spiro atoms. The van der Waals surface area contributed by atoms with Crippen molar-refractivity contribution in [3.8, 4) is 5.69 Å². The summed E-state index contributed by atoms with van der Waals surface area (Å²) < 4.78 is 6.71. The molecule has 3 aromatic rings. The molecule has 0 aliphatic carbocycles. The van der Waals surface area contributed by atoms with E-state index >= 15 is 0 Å². The fourth-order valence-electron chi connectivity index (χ4n) is 1.78. The summed E-state index contributed by atoms with van der Waals surface area (Å²) in [6.07, 6.45) is 3.23. The fraction of sp³-hybridized carbons (Fsp3) is 0.143. The number of esters is 1. The molecule has 2 heterocycles. The minimum atomic E-state index is -0.498. The van der Waals surface area contributed by atoms with Gasteiger partial charge in [-0.1, -0.05) is 17.3 Å². The van der Waals surface area contributed by atoms with Crippen LogP contribution in [0.1, 0.15) is 20.9 Å². The molecule has 0 saturated heterocycles. The van der Waals surface area contributed by atoms with Gasteiger partial charge in [-0.2, -0.15) is 0 Å². The molecule has 0 radical (unpaired) electrons. The van der Waals surface area contributed by atoms with Crippen LogP contribution in [0.5, 0.6) is 0 Å². The third-order valence-electron chi connectivity index (χ3n) is 2.80. The zero-order chi connectivity index (χ0) is 14.7. The van der Waals surface area contributed by atoms with Crippen molar-refractivity contribution in [3.63, 3.8) is 0 Å². The second-order valence-corrected chi connectivity index (χ2v) is 5.40. The first kappa shape index (κ1) is 13.4. The predicted octanol–water partition coefficient (Wildman–Crippen LogP) is 2.39. The standard InChI is InChI=1S/C14H12N4O2S/c1-10-3-2-4-11(5-10)18-7-13(16-17-18)14(19)20-8-12-6-15-9-21-12/h2-7,9H,8H2,1H3. The molecule has 0 fully saturated rings. The van der Waals surface area contributed by atoms with Gasteiger partial charge in [-0.3, -0.25) is 4.98 Å². The highest BCUT2D eigenvalue weighted by molar-refractivity contribution is 7.09. The summed E-state index contributed by atoms with van der Waals surface area (Å²) in [5.74, 6) is -0.498. The van der Waals surface area contributed by atoms with E-state index < -0.39 is 5.97 Å². The Hall–Kier alpha value is -2.54. The maximum atomic E-state index is 11.9. The van der Waals surface area contributed by atoms with Crippen molar-refractivity contribution in [2.45, 2.75) is 13.5 Å². The number of aryl methyl sites for hydroxylation is 1. The van der Waals surface area contributed by atoms with Crippen molar-refractivity contribution in [2.75, 3.05) is 0 Å². The molecule has 7 heteroatoms. The molecule has 0 aliphatic heterocycles. The van der Waals surface area contributed by atoms with Crippen LogP contribution in [0, 0.1) is 6.92 Å². The predicted molar refractivity (Wildman–Crippen MR) is 77.3 cm³/mol. The smallest absolute Gasteiger partial charge is 0.360 e. The Morgan fingerprint density at radius 3 is 3.10 bits per heavy atom. The first-order chi connectivity index (χ1) is 10.2. The Labute approximate surface area is 125 Å². The molecule has 0 aliphatic rings. The summed E-state index contributed by atoms with van der Waals surface area (Å²) in [4.78, 5) is 16.7. The Morgan fingerprint density at radius 2 is 2.33 bits per heavy atom. The van der Waals surface area contributed by atoms with Gasteiger partial charge in [-0.25, -0.2) is 9.48 Å². The summed E-state index contributed by atoms with van der Waals surface area (Å²) in [6, 6.07) is 7.77. The molecule has 0 atom stereocenters. The van der Waals surface area contributed by atoms with Gasteiger partial charge in [0.05, 0.1) is 22.3 Å². The maximum absolute atomic E-state index is 11.9. The SMILES string of the molecule is Cc1cccc(-n2cc(C(=O)OCc3cncs3)nn2)c1. The van der Waals surface area contributed by atoms with Crippen LogP contribution in [0.3, 0.4) is 0 Å². The van der Waals surface area contributed by atoms with Crippen LogP contribution in [0.4, 0.5) is 0 Å². The lowest BCUT2D eigenvalue weighted by Gasteiger charge is -2.00. The Morgan fingerprint density at radius 1 is 1.43 bits per heavy atom. The zero-order valence-corrected chi connectivity index (χ0v) is 12.1. The monoisotopic (exact) mass is 300 g/mol. The van der Waals surface area contributed by atoms with Crippen LogP contribution in [0.2, 0.25) is 0 Å². The minimum absolute atomic E-state index is 0.182. The molecule has 106 valence electrons. The van der Waals surface area contributed by atoms with Crippen LogP contribution < -0.4 is 0 Å². The third kappa shape index (κ3) is 3.14. The molecule has 2 aromatic heterocycles. The van der Waals surface area contributed by atoms with E-state index in [-0.39, 0.29) is 12.3 Å². The van der Waals surface area contributed by atoms with Gasteiger partial charge >= 0.3 is 5.97 Å². The summed E-state index contributed by atoms with van der Waals surface area (Å²) in [6.45, 7) is 2.19. The minimum Gasteiger partial charge on any atom is -0.455 e. The quantitative estimate of drug-likeness (QED) is 0.692. The van der Waals surface area contributed by atoms with Gasteiger partial charge in [-0.05, 0) is 24.6 Å². The molecular weight excluding hydrogens is 288 g/mol. The zero-order valence-electron chi connectivity index (χ0n) is 11.3. The highest BCUT2D eigenvalue weighted by atomic mass is 32.1. The number of rotatable bonds is 4. The number of hydrogen-bond acceptors (Lipinski definition) is 6. The van der Waals surface area contributed by atoms with Crippen LogP contribution in [-0.2, 0) is 11.3 Å². The van der Waals surface area contributed by atoms with Crippen molar-refractivity contribution < 1.29 is 9.53 Å². The van der Waals surface area contributed by atoms with Gasteiger partial charge in [0.15, 0.2) is 5.69 Å². The second kappa shape index (κ2) is 5.84. The molecule has 21 heavy (non-hydrogen) atoms. The lowest BCUT2D eigenvalue weighted by atomic mass is 10.2. The van der Waals surface area contributed by atoms with E-state index in [0.717, 1.165) is 16.1 Å². The van der Waals surface area contributed by atoms with Crippen molar-refractivity contribution in [2.24, 2.45) is 0 Å². The van der Waals surface area contributed by atoms with E-state index in [1.165, 1.54) is 11.3 Å². The van der Waals surface area contributed by atoms with Gasteiger partial charge in [0.2, 0.25) is 0 Å². The van der Waals surface area contributed by atoms with E-state index in [1.54, 1.807) is 22.6 Å². The molecule has 0 N–H and O–H groups in total. The van der Waals surface area contributed by atoms with Gasteiger partial charge in [0.1, 0.15) is 6.61 Å².